The van der Waals surface area contributed by atoms with Crippen LogP contribution in [-0.2, 0) is 0 Å². The van der Waals surface area contributed by atoms with Crippen LogP contribution in [0.3, 0.4) is 0 Å². The standard InChI is InChI=1S/C8H9.3C6H5.Sn/c1-7-4-3-5-8(2)6-7;3*1-2-4-6-5-3-1;/h3-5H,1-2H3;3*1-5H;. The molecule has 0 spiro atoms. The van der Waals surface area contributed by atoms with E-state index >= 15 is 0 Å². The van der Waals surface area contributed by atoms with Gasteiger partial charge in [-0.1, -0.05) is 0 Å². The summed E-state index contributed by atoms with van der Waals surface area (Å²) in [5.41, 5.74) is 2.81. The molecule has 4 aromatic rings. The van der Waals surface area contributed by atoms with Crippen LogP contribution in [-0.4, -0.2) is 18.4 Å². The minimum absolute atomic E-state index is 1.40. The van der Waals surface area contributed by atoms with Crippen LogP contribution in [0.15, 0.2) is 109 Å². The molecule has 27 heavy (non-hydrogen) atoms. The molecule has 0 nitrogen and oxygen atoms in total. The molecule has 0 aliphatic heterocycles. The molecule has 4 rings (SSSR count). The fourth-order valence-corrected chi connectivity index (χ4v) is 19.5. The number of rotatable bonds is 4. The fourth-order valence-electron chi connectivity index (χ4n) is 4.40. The van der Waals surface area contributed by atoms with Gasteiger partial charge in [0.2, 0.25) is 0 Å². The van der Waals surface area contributed by atoms with Gasteiger partial charge in [0.25, 0.3) is 0 Å². The minimum atomic E-state index is -3.43. The van der Waals surface area contributed by atoms with E-state index in [2.05, 4.69) is 123 Å². The van der Waals surface area contributed by atoms with Gasteiger partial charge in [-0.05, 0) is 0 Å². The van der Waals surface area contributed by atoms with E-state index in [1.165, 1.54) is 21.9 Å². The van der Waals surface area contributed by atoms with Gasteiger partial charge < -0.3 is 0 Å². The Hall–Kier alpha value is -2.32. The summed E-state index contributed by atoms with van der Waals surface area (Å²) in [6.45, 7) is 4.56. The zero-order valence-corrected chi connectivity index (χ0v) is 18.7. The maximum absolute atomic E-state index is 3.43. The van der Waals surface area contributed by atoms with Crippen LogP contribution in [0.5, 0.6) is 0 Å². The predicted octanol–water partition coefficient (Wildman–Crippen LogP) is 3.68. The van der Waals surface area contributed by atoms with Crippen molar-refractivity contribution in [3.05, 3.63) is 120 Å². The van der Waals surface area contributed by atoms with E-state index in [-0.39, 0.29) is 0 Å². The van der Waals surface area contributed by atoms with Crippen molar-refractivity contribution in [3.8, 4) is 0 Å². The molecule has 0 N–H and O–H groups in total. The van der Waals surface area contributed by atoms with E-state index in [1.54, 1.807) is 3.58 Å². The number of hydrogen-bond acceptors (Lipinski definition) is 0. The van der Waals surface area contributed by atoms with Crippen molar-refractivity contribution in [3.63, 3.8) is 0 Å². The van der Waals surface area contributed by atoms with Gasteiger partial charge in [-0.15, -0.1) is 0 Å². The fraction of sp³-hybridized carbons (Fsp3) is 0.0769. The van der Waals surface area contributed by atoms with E-state index in [1.807, 2.05) is 0 Å². The second-order valence-corrected chi connectivity index (χ2v) is 17.8. The third-order valence-electron chi connectivity index (χ3n) is 5.48. The van der Waals surface area contributed by atoms with Crippen LogP contribution in [0.4, 0.5) is 0 Å². The molecule has 0 saturated carbocycles. The van der Waals surface area contributed by atoms with Crippen molar-refractivity contribution in [1.29, 1.82) is 0 Å². The molecular weight excluding hydrogens is 431 g/mol. The SMILES string of the molecule is Cc1cccc(C)[c]1[Sn]([c]1ccccc1)([c]1ccccc1)[c]1ccccc1. The van der Waals surface area contributed by atoms with Gasteiger partial charge in [-0.3, -0.25) is 0 Å². The van der Waals surface area contributed by atoms with Crippen LogP contribution >= 0.6 is 0 Å². The van der Waals surface area contributed by atoms with Crippen LogP contribution in [0.25, 0.3) is 0 Å². The summed E-state index contributed by atoms with van der Waals surface area (Å²) < 4.78 is 6.08. The molecule has 0 aromatic heterocycles. The normalized spacial score (nSPS) is 11.3. The van der Waals surface area contributed by atoms with Crippen molar-refractivity contribution >= 4 is 32.7 Å². The molecule has 4 aromatic carbocycles. The van der Waals surface area contributed by atoms with Crippen molar-refractivity contribution in [2.45, 2.75) is 13.8 Å². The Morgan fingerprint density at radius 2 is 0.741 bits per heavy atom. The summed E-state index contributed by atoms with van der Waals surface area (Å²) in [7, 11) is 0. The first-order valence-electron chi connectivity index (χ1n) is 9.48. The Labute approximate surface area is 166 Å². The summed E-state index contributed by atoms with van der Waals surface area (Å²) in [4.78, 5) is 0. The molecule has 0 aliphatic rings. The Bertz CT molecular complexity index is 905. The molecule has 0 amide bonds. The van der Waals surface area contributed by atoms with Gasteiger partial charge >= 0.3 is 167 Å². The average molecular weight is 455 g/mol. The monoisotopic (exact) mass is 456 g/mol. The molecule has 0 radical (unpaired) electrons. The van der Waals surface area contributed by atoms with E-state index in [4.69, 9.17) is 0 Å². The molecular formula is C26H24Sn. The molecule has 0 unspecified atom stereocenters. The van der Waals surface area contributed by atoms with Gasteiger partial charge in [0, 0.05) is 0 Å². The molecule has 0 atom stereocenters. The number of benzene rings is 4. The zero-order valence-electron chi connectivity index (χ0n) is 15.9. The van der Waals surface area contributed by atoms with E-state index < -0.39 is 18.4 Å². The first kappa shape index (κ1) is 18.1. The summed E-state index contributed by atoms with van der Waals surface area (Å²) in [6.07, 6.45) is 0. The molecule has 1 heteroatoms. The van der Waals surface area contributed by atoms with Gasteiger partial charge in [0.1, 0.15) is 0 Å². The first-order valence-corrected chi connectivity index (χ1v) is 15.2. The number of hydrogen-bond donors (Lipinski definition) is 0. The molecule has 0 bridgehead atoms. The quantitative estimate of drug-likeness (QED) is 0.412. The average Bonchev–Trinajstić information content (AvgIpc) is 2.73. The molecule has 0 fully saturated rings. The summed E-state index contributed by atoms with van der Waals surface area (Å²) >= 11 is -3.43. The van der Waals surface area contributed by atoms with E-state index in [0.29, 0.717) is 0 Å². The predicted molar refractivity (Wildman–Crippen MR) is 120 cm³/mol. The van der Waals surface area contributed by atoms with Crippen molar-refractivity contribution in [2.75, 3.05) is 0 Å². The second-order valence-electron chi connectivity index (χ2n) is 7.11. The van der Waals surface area contributed by atoms with Crippen LogP contribution < -0.4 is 14.3 Å². The van der Waals surface area contributed by atoms with Gasteiger partial charge in [-0.25, -0.2) is 0 Å². The van der Waals surface area contributed by atoms with Gasteiger partial charge in [-0.2, -0.15) is 0 Å². The third-order valence-corrected chi connectivity index (χ3v) is 20.1. The Kier molecular flexibility index (Phi) is 5.17. The van der Waals surface area contributed by atoms with Crippen LogP contribution in [0.2, 0.25) is 0 Å². The topological polar surface area (TPSA) is 0 Å². The Balaban J connectivity index is 2.21. The first-order chi connectivity index (χ1) is 13.2. The molecule has 0 aliphatic carbocycles. The second kappa shape index (κ2) is 7.74. The Morgan fingerprint density at radius 1 is 0.407 bits per heavy atom. The third kappa shape index (κ3) is 3.12. The van der Waals surface area contributed by atoms with Gasteiger partial charge in [0.05, 0.1) is 0 Å². The van der Waals surface area contributed by atoms with Crippen molar-refractivity contribution in [1.82, 2.24) is 0 Å². The van der Waals surface area contributed by atoms with Crippen LogP contribution in [0, 0.1) is 13.8 Å². The maximum atomic E-state index is 2.35. The van der Waals surface area contributed by atoms with Crippen molar-refractivity contribution in [2.24, 2.45) is 0 Å². The molecule has 0 heterocycles. The van der Waals surface area contributed by atoms with E-state index in [0.717, 1.165) is 0 Å². The summed E-state index contributed by atoms with van der Waals surface area (Å²) in [5.74, 6) is 0. The summed E-state index contributed by atoms with van der Waals surface area (Å²) in [5, 5.41) is 0. The number of aryl methyl sites for hydroxylation is 2. The Morgan fingerprint density at radius 3 is 1.07 bits per heavy atom. The van der Waals surface area contributed by atoms with Gasteiger partial charge in [0.15, 0.2) is 0 Å². The van der Waals surface area contributed by atoms with E-state index in [9.17, 15) is 0 Å². The zero-order chi connectivity index (χ0) is 18.7. The summed E-state index contributed by atoms with van der Waals surface area (Å²) in [6, 6.07) is 40.4. The molecule has 132 valence electrons. The van der Waals surface area contributed by atoms with Crippen molar-refractivity contribution < 1.29 is 0 Å². The molecule has 0 saturated heterocycles. The van der Waals surface area contributed by atoms with Crippen LogP contribution in [0.1, 0.15) is 11.1 Å².